The Bertz CT molecular complexity index is 67.3. The summed E-state index contributed by atoms with van der Waals surface area (Å²) in [5, 5.41) is 0. The van der Waals surface area contributed by atoms with Crippen LogP contribution in [-0.4, -0.2) is 22.4 Å². The van der Waals surface area contributed by atoms with Gasteiger partial charge in [-0.25, -0.2) is 0 Å². The lowest BCUT2D eigenvalue weighted by Crippen LogP contribution is -1.80. The molecule has 1 fully saturated rings. The van der Waals surface area contributed by atoms with E-state index in [4.69, 9.17) is 0 Å². The van der Waals surface area contributed by atoms with Crippen molar-refractivity contribution < 1.29 is 0 Å². The Morgan fingerprint density at radius 3 is 2.20 bits per heavy atom. The molecule has 1 aliphatic rings. The van der Waals surface area contributed by atoms with Crippen molar-refractivity contribution in [1.82, 2.24) is 0 Å². The highest BCUT2D eigenvalue weighted by atomic mass is 29.2. The fourth-order valence-electron chi connectivity index (χ4n) is 0.334. The average molecular weight is 100 g/mol. The van der Waals surface area contributed by atoms with E-state index in [1.807, 2.05) is 0 Å². The molecule has 28 valence electrons. The molecular formula is C3H8Si2. The largest absolute Gasteiger partial charge is 0.121 e. The lowest BCUT2D eigenvalue weighted by Gasteiger charge is -1.53. The highest BCUT2D eigenvalue weighted by Crippen LogP contribution is 2.08. The third-order valence-corrected chi connectivity index (χ3v) is 9.95. The maximum atomic E-state index is 3.99. The SMILES string of the molecule is C=[Si]1C[SiH]1C. The van der Waals surface area contributed by atoms with Gasteiger partial charge in [0.2, 0.25) is 0 Å². The third-order valence-electron chi connectivity index (χ3n) is 1.11. The molecule has 1 aliphatic heterocycles. The van der Waals surface area contributed by atoms with Crippen molar-refractivity contribution in [2.45, 2.75) is 12.2 Å². The molecule has 0 radical (unpaired) electrons. The summed E-state index contributed by atoms with van der Waals surface area (Å²) in [7, 11) is 0.189. The Hall–Kier alpha value is 0.304. The monoisotopic (exact) mass is 100 g/mol. The zero-order valence-electron chi connectivity index (χ0n) is 3.49. The standard InChI is InChI=1S/C3H8Si2/c1-4-3-5(4)2/h5H,1,3H2,2H3. The zero-order chi connectivity index (χ0) is 3.86. The first kappa shape index (κ1) is 3.49. The predicted molar refractivity (Wildman–Crippen MR) is 30.7 cm³/mol. The molecule has 2 heteroatoms. The number of hydrogen-bond donors (Lipinski definition) is 0. The highest BCUT2D eigenvalue weighted by molar-refractivity contribution is 7.39. The van der Waals surface area contributed by atoms with Crippen LogP contribution in [0, 0.1) is 0 Å². The summed E-state index contributed by atoms with van der Waals surface area (Å²) in [5.41, 5.74) is 1.60. The van der Waals surface area contributed by atoms with Gasteiger partial charge in [-0.2, -0.15) is 0 Å². The van der Waals surface area contributed by atoms with Crippen LogP contribution in [0.15, 0.2) is 0 Å². The van der Waals surface area contributed by atoms with Crippen molar-refractivity contribution in [2.24, 2.45) is 0 Å². The Morgan fingerprint density at radius 2 is 2.20 bits per heavy atom. The smallest absolute Gasteiger partial charge is 0.0444 e. The van der Waals surface area contributed by atoms with E-state index in [0.717, 1.165) is 0 Å². The minimum Gasteiger partial charge on any atom is -0.121 e. The first-order valence-electron chi connectivity index (χ1n) is 1.98. The Kier molecular flexibility index (Phi) is 0.615. The van der Waals surface area contributed by atoms with Crippen molar-refractivity contribution in [2.75, 3.05) is 0 Å². The molecule has 0 aliphatic carbocycles. The summed E-state index contributed by atoms with van der Waals surface area (Å²) in [6, 6.07) is 0. The number of hydrogen-bond acceptors (Lipinski definition) is 0. The molecule has 1 unspecified atom stereocenters. The summed E-state index contributed by atoms with van der Waals surface area (Å²) in [6.07, 6.45) is 3.99. The quantitative estimate of drug-likeness (QED) is 0.375. The van der Waals surface area contributed by atoms with Gasteiger partial charge in [-0.15, -0.1) is 6.17 Å². The van der Waals surface area contributed by atoms with Gasteiger partial charge < -0.3 is 0 Å². The summed E-state index contributed by atoms with van der Waals surface area (Å²) < 4.78 is 0. The van der Waals surface area contributed by atoms with Crippen LogP contribution in [0.25, 0.3) is 0 Å². The van der Waals surface area contributed by atoms with Crippen molar-refractivity contribution in [3.05, 3.63) is 0 Å². The maximum absolute atomic E-state index is 3.99. The Labute approximate surface area is 35.4 Å². The number of rotatable bonds is 0. The van der Waals surface area contributed by atoms with Gasteiger partial charge >= 0.3 is 0 Å². The van der Waals surface area contributed by atoms with Gasteiger partial charge in [-0.3, -0.25) is 0 Å². The van der Waals surface area contributed by atoms with Gasteiger partial charge in [0.05, 0.1) is 0 Å². The molecule has 1 rings (SSSR count). The van der Waals surface area contributed by atoms with E-state index in [2.05, 4.69) is 12.7 Å². The fraction of sp³-hybridized carbons (Fsp3) is 0.667. The highest BCUT2D eigenvalue weighted by Gasteiger charge is 2.23. The predicted octanol–water partition coefficient (Wildman–Crippen LogP) is -0.0170. The molecule has 0 aromatic heterocycles. The van der Waals surface area contributed by atoms with Gasteiger partial charge in [0, 0.05) is 8.31 Å². The van der Waals surface area contributed by atoms with Gasteiger partial charge in [0.25, 0.3) is 0 Å². The lowest BCUT2D eigenvalue weighted by molar-refractivity contribution is 2.10. The van der Waals surface area contributed by atoms with E-state index in [-0.39, 0.29) is 16.2 Å². The van der Waals surface area contributed by atoms with Gasteiger partial charge in [-0.05, 0) is 7.93 Å². The van der Waals surface area contributed by atoms with Crippen LogP contribution in [0.2, 0.25) is 12.2 Å². The molecule has 5 heavy (non-hydrogen) atoms. The normalized spacial score (nSPS) is 34.6. The van der Waals surface area contributed by atoms with Gasteiger partial charge in [-0.1, -0.05) is 12.2 Å². The molecule has 1 saturated heterocycles. The second-order valence-electron chi connectivity index (χ2n) is 1.76. The van der Waals surface area contributed by atoms with Crippen molar-refractivity contribution in [1.29, 1.82) is 0 Å². The molecule has 0 aromatic rings. The lowest BCUT2D eigenvalue weighted by atomic mass is 11.9. The second-order valence-corrected chi connectivity index (χ2v) is 11.9. The molecule has 0 aromatic carbocycles. The van der Waals surface area contributed by atoms with E-state index in [1.54, 1.807) is 5.67 Å². The van der Waals surface area contributed by atoms with Crippen LogP contribution < -0.4 is 0 Å². The third kappa shape index (κ3) is 0.575. The summed E-state index contributed by atoms with van der Waals surface area (Å²) in [6.45, 7) is 2.42. The minimum absolute atomic E-state index is 0.00772. The average Bonchev–Trinajstić information content (AvgIpc) is 1.79. The summed E-state index contributed by atoms with van der Waals surface area (Å²) in [4.78, 5) is 0. The zero-order valence-corrected chi connectivity index (χ0v) is 5.65. The van der Waals surface area contributed by atoms with E-state index >= 15 is 0 Å². The van der Waals surface area contributed by atoms with Crippen molar-refractivity contribution in [3.8, 4) is 0 Å². The molecule has 0 spiro atoms. The molecule has 0 amide bonds. The molecular weight excluding hydrogens is 92.2 g/mol. The van der Waals surface area contributed by atoms with Crippen LogP contribution in [0.1, 0.15) is 0 Å². The van der Waals surface area contributed by atoms with Crippen LogP contribution in [-0.2, 0) is 0 Å². The topological polar surface area (TPSA) is 0 Å². The van der Waals surface area contributed by atoms with E-state index in [1.165, 1.54) is 0 Å². The fourth-order valence-corrected chi connectivity index (χ4v) is 6.43. The molecule has 1 heterocycles. The molecule has 0 N–H and O–H groups in total. The maximum Gasteiger partial charge on any atom is 0.0444 e. The summed E-state index contributed by atoms with van der Waals surface area (Å²) in [5.74, 6) is 0. The van der Waals surface area contributed by atoms with Crippen LogP contribution in [0.4, 0.5) is 0 Å². The summed E-state index contributed by atoms with van der Waals surface area (Å²) >= 11 is 0. The Morgan fingerprint density at radius 1 is 2.00 bits per heavy atom. The molecule has 0 bridgehead atoms. The van der Waals surface area contributed by atoms with Gasteiger partial charge in [0.15, 0.2) is 0 Å². The second kappa shape index (κ2) is 0.881. The first-order valence-corrected chi connectivity index (χ1v) is 7.68. The first-order chi connectivity index (χ1) is 2.30. The molecule has 0 nitrogen and oxygen atoms in total. The molecule has 0 saturated carbocycles. The van der Waals surface area contributed by atoms with Crippen LogP contribution >= 0.6 is 0 Å². The minimum atomic E-state index is 0.00772. The van der Waals surface area contributed by atoms with E-state index < -0.39 is 0 Å². The Balaban J connectivity index is 2.47. The van der Waals surface area contributed by atoms with E-state index in [9.17, 15) is 0 Å². The molecule has 1 atom stereocenters. The van der Waals surface area contributed by atoms with Crippen LogP contribution in [0.3, 0.4) is 0 Å². The van der Waals surface area contributed by atoms with Crippen LogP contribution in [0.5, 0.6) is 0 Å². The van der Waals surface area contributed by atoms with Gasteiger partial charge in [0.1, 0.15) is 0 Å². The van der Waals surface area contributed by atoms with Crippen molar-refractivity contribution >= 4 is 22.4 Å². The van der Waals surface area contributed by atoms with Crippen molar-refractivity contribution in [3.63, 3.8) is 0 Å². The van der Waals surface area contributed by atoms with E-state index in [0.29, 0.717) is 0 Å².